The molecule has 210 valence electrons. The van der Waals surface area contributed by atoms with Crippen LogP contribution in [0, 0.1) is 0 Å². The van der Waals surface area contributed by atoms with Crippen molar-refractivity contribution < 1.29 is 13.9 Å². The number of hydrogen-bond acceptors (Lipinski definition) is 6. The van der Waals surface area contributed by atoms with E-state index < -0.39 is 0 Å². The molecule has 0 unspecified atom stereocenters. The Balaban J connectivity index is 1.36. The van der Waals surface area contributed by atoms with Crippen LogP contribution in [0.5, 0.6) is 11.5 Å². The molecule has 2 heterocycles. The summed E-state index contributed by atoms with van der Waals surface area (Å²) in [6, 6.07) is 32.7. The Morgan fingerprint density at radius 3 is 2.05 bits per heavy atom. The number of hydrogen-bond donors (Lipinski definition) is 0. The molecule has 0 spiro atoms. The van der Waals surface area contributed by atoms with E-state index >= 15 is 0 Å². The minimum atomic E-state index is 0.212. The summed E-state index contributed by atoms with van der Waals surface area (Å²) < 4.78 is 20.6. The summed E-state index contributed by atoms with van der Waals surface area (Å²) in [4.78, 5) is 8.70. The SMILES string of the molecule is CC(C)c1cc(-c2ncoc2-c2ccc(Cn3cncn3)cc2)c(OCc2ccccc2)cc1OCc1ccccc1. The lowest BCUT2D eigenvalue weighted by molar-refractivity contribution is 0.288. The summed E-state index contributed by atoms with van der Waals surface area (Å²) in [5.41, 5.74) is 6.87. The van der Waals surface area contributed by atoms with Gasteiger partial charge in [0.15, 0.2) is 12.2 Å². The van der Waals surface area contributed by atoms with Gasteiger partial charge in [0.25, 0.3) is 0 Å². The van der Waals surface area contributed by atoms with Crippen LogP contribution >= 0.6 is 0 Å². The van der Waals surface area contributed by atoms with Crippen LogP contribution in [0.2, 0.25) is 0 Å². The maximum Gasteiger partial charge on any atom is 0.182 e. The molecule has 7 heteroatoms. The third-order valence-corrected chi connectivity index (χ3v) is 7.06. The molecule has 6 rings (SSSR count). The Morgan fingerprint density at radius 1 is 0.762 bits per heavy atom. The molecule has 0 N–H and O–H groups in total. The van der Waals surface area contributed by atoms with Gasteiger partial charge in [0, 0.05) is 17.2 Å². The van der Waals surface area contributed by atoms with Crippen molar-refractivity contribution in [2.45, 2.75) is 39.5 Å². The first-order valence-electron chi connectivity index (χ1n) is 14.0. The van der Waals surface area contributed by atoms with Gasteiger partial charge in [-0.3, -0.25) is 0 Å². The molecule has 2 aromatic heterocycles. The number of oxazole rings is 1. The summed E-state index contributed by atoms with van der Waals surface area (Å²) >= 11 is 0. The fraction of sp³-hybridized carbons (Fsp3) is 0.171. The molecular weight excluding hydrogens is 524 g/mol. The average Bonchev–Trinajstić information content (AvgIpc) is 3.73. The molecule has 0 atom stereocenters. The van der Waals surface area contributed by atoms with Crippen molar-refractivity contribution in [1.29, 1.82) is 0 Å². The van der Waals surface area contributed by atoms with E-state index in [-0.39, 0.29) is 5.92 Å². The second kappa shape index (κ2) is 12.6. The topological polar surface area (TPSA) is 75.2 Å². The number of benzene rings is 4. The van der Waals surface area contributed by atoms with Crippen molar-refractivity contribution >= 4 is 0 Å². The lowest BCUT2D eigenvalue weighted by atomic mass is 9.96. The van der Waals surface area contributed by atoms with Crippen LogP contribution in [0.1, 0.15) is 42.0 Å². The summed E-state index contributed by atoms with van der Waals surface area (Å²) in [6.07, 6.45) is 4.73. The van der Waals surface area contributed by atoms with Gasteiger partial charge in [-0.05, 0) is 34.2 Å². The lowest BCUT2D eigenvalue weighted by Gasteiger charge is -2.19. The van der Waals surface area contributed by atoms with Gasteiger partial charge in [0.2, 0.25) is 0 Å². The quantitative estimate of drug-likeness (QED) is 0.161. The third-order valence-electron chi connectivity index (χ3n) is 7.06. The van der Waals surface area contributed by atoms with E-state index in [1.165, 1.54) is 12.7 Å². The van der Waals surface area contributed by atoms with Crippen LogP contribution in [0.4, 0.5) is 0 Å². The molecule has 0 fully saturated rings. The highest BCUT2D eigenvalue weighted by atomic mass is 16.5. The van der Waals surface area contributed by atoms with E-state index in [9.17, 15) is 0 Å². The first-order valence-corrected chi connectivity index (χ1v) is 14.0. The number of rotatable bonds is 11. The van der Waals surface area contributed by atoms with Crippen molar-refractivity contribution in [2.75, 3.05) is 0 Å². The summed E-state index contributed by atoms with van der Waals surface area (Å²) in [6.45, 7) is 5.85. The van der Waals surface area contributed by atoms with Gasteiger partial charge in [-0.2, -0.15) is 5.10 Å². The van der Waals surface area contributed by atoms with E-state index in [4.69, 9.17) is 13.9 Å². The molecule has 0 bridgehead atoms. The number of ether oxygens (including phenoxy) is 2. The monoisotopic (exact) mass is 556 g/mol. The second-order valence-electron chi connectivity index (χ2n) is 10.4. The highest BCUT2D eigenvalue weighted by Crippen LogP contribution is 2.42. The number of nitrogens with zero attached hydrogens (tertiary/aromatic N) is 4. The maximum absolute atomic E-state index is 6.47. The van der Waals surface area contributed by atoms with E-state index in [1.54, 1.807) is 11.0 Å². The van der Waals surface area contributed by atoms with Crippen molar-refractivity contribution in [2.24, 2.45) is 0 Å². The van der Waals surface area contributed by atoms with Gasteiger partial charge in [0.1, 0.15) is 43.1 Å². The molecule has 0 aliphatic carbocycles. The molecule has 0 saturated carbocycles. The summed E-state index contributed by atoms with van der Waals surface area (Å²) in [7, 11) is 0. The zero-order valence-electron chi connectivity index (χ0n) is 23.7. The van der Waals surface area contributed by atoms with Crippen molar-refractivity contribution in [1.82, 2.24) is 19.7 Å². The Hall–Kier alpha value is -5.17. The third kappa shape index (κ3) is 6.25. The lowest BCUT2D eigenvalue weighted by Crippen LogP contribution is -2.04. The van der Waals surface area contributed by atoms with Gasteiger partial charge in [0.05, 0.1) is 6.54 Å². The van der Waals surface area contributed by atoms with Crippen molar-refractivity contribution in [3.05, 3.63) is 138 Å². The van der Waals surface area contributed by atoms with Crippen LogP contribution in [0.25, 0.3) is 22.6 Å². The molecule has 4 aromatic carbocycles. The molecule has 0 aliphatic heterocycles. The molecule has 0 saturated heterocycles. The minimum Gasteiger partial charge on any atom is -0.488 e. The van der Waals surface area contributed by atoms with Gasteiger partial charge >= 0.3 is 0 Å². The Kier molecular flexibility index (Phi) is 8.08. The largest absolute Gasteiger partial charge is 0.488 e. The van der Waals surface area contributed by atoms with Crippen LogP contribution in [0.15, 0.2) is 121 Å². The van der Waals surface area contributed by atoms with Crippen LogP contribution in [-0.2, 0) is 19.8 Å². The Morgan fingerprint density at radius 2 is 1.43 bits per heavy atom. The highest BCUT2D eigenvalue weighted by molar-refractivity contribution is 5.81. The van der Waals surface area contributed by atoms with E-state index in [0.717, 1.165) is 44.8 Å². The Labute approximate surface area is 245 Å². The predicted octanol–water partition coefficient (Wildman–Crippen LogP) is 7.93. The molecule has 42 heavy (non-hydrogen) atoms. The molecular formula is C35H32N4O3. The molecule has 0 amide bonds. The van der Waals surface area contributed by atoms with Gasteiger partial charge in [-0.1, -0.05) is 98.8 Å². The summed E-state index contributed by atoms with van der Waals surface area (Å²) in [5, 5.41) is 4.20. The second-order valence-corrected chi connectivity index (χ2v) is 10.4. The standard InChI is InChI=1S/C35H32N4O3/c1-25(2)30-17-31(34-35(42-24-37-34)29-15-13-26(14-16-29)19-39-23-36-22-38-39)33(41-21-28-11-7-4-8-12-28)18-32(30)40-20-27-9-5-3-6-10-27/h3-18,22-25H,19-21H2,1-2H3. The first-order chi connectivity index (χ1) is 20.6. The van der Waals surface area contributed by atoms with Crippen molar-refractivity contribution in [3.8, 4) is 34.1 Å². The first kappa shape index (κ1) is 27.0. The molecule has 6 aromatic rings. The van der Waals surface area contributed by atoms with Gasteiger partial charge in [-0.15, -0.1) is 0 Å². The van der Waals surface area contributed by atoms with Gasteiger partial charge < -0.3 is 13.9 Å². The minimum absolute atomic E-state index is 0.212. The fourth-order valence-electron chi connectivity index (χ4n) is 4.83. The van der Waals surface area contributed by atoms with E-state index in [1.807, 2.05) is 54.6 Å². The van der Waals surface area contributed by atoms with Crippen LogP contribution in [-0.4, -0.2) is 19.7 Å². The molecule has 0 aliphatic rings. The number of aromatic nitrogens is 4. The fourth-order valence-corrected chi connectivity index (χ4v) is 4.83. The molecule has 7 nitrogen and oxygen atoms in total. The molecule has 0 radical (unpaired) electrons. The van der Waals surface area contributed by atoms with Gasteiger partial charge in [-0.25, -0.2) is 14.6 Å². The van der Waals surface area contributed by atoms with Crippen LogP contribution < -0.4 is 9.47 Å². The zero-order chi connectivity index (χ0) is 28.7. The normalized spacial score (nSPS) is 11.1. The summed E-state index contributed by atoms with van der Waals surface area (Å²) in [5.74, 6) is 2.37. The predicted molar refractivity (Wildman–Crippen MR) is 162 cm³/mol. The smallest absolute Gasteiger partial charge is 0.182 e. The highest BCUT2D eigenvalue weighted by Gasteiger charge is 2.22. The van der Waals surface area contributed by atoms with E-state index in [2.05, 4.69) is 71.4 Å². The zero-order valence-corrected chi connectivity index (χ0v) is 23.7. The van der Waals surface area contributed by atoms with E-state index in [0.29, 0.717) is 31.3 Å². The van der Waals surface area contributed by atoms with Crippen LogP contribution in [0.3, 0.4) is 0 Å². The maximum atomic E-state index is 6.47. The average molecular weight is 557 g/mol. The van der Waals surface area contributed by atoms with Crippen molar-refractivity contribution in [3.63, 3.8) is 0 Å². The Bertz CT molecular complexity index is 1710.